The summed E-state index contributed by atoms with van der Waals surface area (Å²) in [5.41, 5.74) is 0.506. The second-order valence-corrected chi connectivity index (χ2v) is 6.65. The highest BCUT2D eigenvalue weighted by Gasteiger charge is 2.25. The van der Waals surface area contributed by atoms with Crippen LogP contribution in [-0.4, -0.2) is 39.5 Å². The quantitative estimate of drug-likeness (QED) is 0.557. The van der Waals surface area contributed by atoms with Crippen molar-refractivity contribution < 1.29 is 24.7 Å². The molecule has 0 aromatic heterocycles. The molecule has 8 nitrogen and oxygen atoms in total. The SMILES string of the molecule is Cc1cc(C)c([N+](=O)[O-])cc1C(O)C(O)CNC(=O)OC(C)(C)C. The molecule has 0 aliphatic carbocycles. The van der Waals surface area contributed by atoms with E-state index in [-0.39, 0.29) is 17.8 Å². The van der Waals surface area contributed by atoms with Crippen LogP contribution < -0.4 is 5.32 Å². The fourth-order valence-electron chi connectivity index (χ4n) is 2.19. The van der Waals surface area contributed by atoms with Gasteiger partial charge in [-0.2, -0.15) is 0 Å². The summed E-state index contributed by atoms with van der Waals surface area (Å²) in [6, 6.07) is 2.82. The van der Waals surface area contributed by atoms with Gasteiger partial charge in [0, 0.05) is 18.2 Å². The molecule has 0 saturated carbocycles. The minimum Gasteiger partial charge on any atom is -0.444 e. The second-order valence-electron chi connectivity index (χ2n) is 6.65. The molecule has 0 saturated heterocycles. The average Bonchev–Trinajstić information content (AvgIpc) is 2.41. The number of rotatable bonds is 5. The fraction of sp³-hybridized carbons (Fsp3) is 0.562. The minimum atomic E-state index is -1.38. The zero-order valence-electron chi connectivity index (χ0n) is 14.5. The Bertz CT molecular complexity index is 624. The van der Waals surface area contributed by atoms with Crippen LogP contribution in [0.3, 0.4) is 0 Å². The number of carbonyl (C=O) groups excluding carboxylic acids is 1. The number of aryl methyl sites for hydroxylation is 2. The van der Waals surface area contributed by atoms with Gasteiger partial charge in [0.2, 0.25) is 0 Å². The maximum Gasteiger partial charge on any atom is 0.407 e. The predicted octanol–water partition coefficient (Wildman–Crippen LogP) is 2.13. The van der Waals surface area contributed by atoms with Crippen molar-refractivity contribution in [2.24, 2.45) is 0 Å². The molecule has 8 heteroatoms. The van der Waals surface area contributed by atoms with E-state index in [1.54, 1.807) is 40.7 Å². The lowest BCUT2D eigenvalue weighted by Crippen LogP contribution is -2.39. The lowest BCUT2D eigenvalue weighted by Gasteiger charge is -2.23. The van der Waals surface area contributed by atoms with E-state index < -0.39 is 28.8 Å². The third-order valence-corrected chi connectivity index (χ3v) is 3.32. The summed E-state index contributed by atoms with van der Waals surface area (Å²) in [5, 5.41) is 33.7. The Morgan fingerprint density at radius 1 is 1.29 bits per heavy atom. The number of benzene rings is 1. The van der Waals surface area contributed by atoms with Gasteiger partial charge in [0.15, 0.2) is 0 Å². The number of nitrogens with zero attached hydrogens (tertiary/aromatic N) is 1. The molecule has 134 valence electrons. The molecule has 0 bridgehead atoms. The van der Waals surface area contributed by atoms with Gasteiger partial charge in [-0.15, -0.1) is 0 Å². The number of nitro benzene ring substituents is 1. The van der Waals surface area contributed by atoms with E-state index in [2.05, 4.69) is 5.32 Å². The van der Waals surface area contributed by atoms with Gasteiger partial charge in [0.1, 0.15) is 17.8 Å². The van der Waals surface area contributed by atoms with E-state index in [4.69, 9.17) is 4.74 Å². The number of aliphatic hydroxyl groups excluding tert-OH is 2. The van der Waals surface area contributed by atoms with Gasteiger partial charge < -0.3 is 20.3 Å². The van der Waals surface area contributed by atoms with Crippen molar-refractivity contribution >= 4 is 11.8 Å². The number of nitro groups is 1. The van der Waals surface area contributed by atoms with Crippen LogP contribution in [0.5, 0.6) is 0 Å². The maximum atomic E-state index is 11.6. The van der Waals surface area contributed by atoms with E-state index in [9.17, 15) is 25.1 Å². The molecule has 0 fully saturated rings. The van der Waals surface area contributed by atoms with Crippen molar-refractivity contribution in [2.45, 2.75) is 52.4 Å². The minimum absolute atomic E-state index is 0.137. The van der Waals surface area contributed by atoms with Crippen LogP contribution in [-0.2, 0) is 4.74 Å². The predicted molar refractivity (Wildman–Crippen MR) is 87.8 cm³/mol. The number of ether oxygens (including phenoxy) is 1. The van der Waals surface area contributed by atoms with Crippen molar-refractivity contribution in [3.05, 3.63) is 38.9 Å². The zero-order chi connectivity index (χ0) is 18.7. The van der Waals surface area contributed by atoms with Crippen molar-refractivity contribution in [3.63, 3.8) is 0 Å². The van der Waals surface area contributed by atoms with E-state index in [0.717, 1.165) is 0 Å². The van der Waals surface area contributed by atoms with Crippen LogP contribution in [0.25, 0.3) is 0 Å². The highest BCUT2D eigenvalue weighted by atomic mass is 16.6. The second kappa shape index (κ2) is 7.59. The monoisotopic (exact) mass is 340 g/mol. The molecule has 1 rings (SSSR count). The van der Waals surface area contributed by atoms with Crippen LogP contribution in [0.4, 0.5) is 10.5 Å². The summed E-state index contributed by atoms with van der Waals surface area (Å²) in [6.07, 6.45) is -3.43. The summed E-state index contributed by atoms with van der Waals surface area (Å²) >= 11 is 0. The summed E-state index contributed by atoms with van der Waals surface area (Å²) in [4.78, 5) is 22.0. The molecule has 1 amide bonds. The van der Waals surface area contributed by atoms with Crippen LogP contribution >= 0.6 is 0 Å². The number of amides is 1. The Morgan fingerprint density at radius 3 is 2.38 bits per heavy atom. The average molecular weight is 340 g/mol. The third-order valence-electron chi connectivity index (χ3n) is 3.32. The number of nitrogens with one attached hydrogen (secondary N) is 1. The van der Waals surface area contributed by atoms with Crippen LogP contribution in [0.1, 0.15) is 43.6 Å². The zero-order valence-corrected chi connectivity index (χ0v) is 14.5. The van der Waals surface area contributed by atoms with Gasteiger partial charge in [0.05, 0.1) is 4.92 Å². The first-order valence-corrected chi connectivity index (χ1v) is 7.51. The van der Waals surface area contributed by atoms with Crippen molar-refractivity contribution in [3.8, 4) is 0 Å². The van der Waals surface area contributed by atoms with E-state index in [0.29, 0.717) is 11.1 Å². The van der Waals surface area contributed by atoms with E-state index in [1.165, 1.54) is 6.07 Å². The van der Waals surface area contributed by atoms with Crippen molar-refractivity contribution in [1.82, 2.24) is 5.32 Å². The Kier molecular flexibility index (Phi) is 6.28. The summed E-state index contributed by atoms with van der Waals surface area (Å²) in [5.74, 6) is 0. The highest BCUT2D eigenvalue weighted by Crippen LogP contribution is 2.28. The molecule has 0 radical (unpaired) electrons. The van der Waals surface area contributed by atoms with Gasteiger partial charge in [-0.05, 0) is 51.8 Å². The van der Waals surface area contributed by atoms with Crippen LogP contribution in [0.2, 0.25) is 0 Å². The molecule has 24 heavy (non-hydrogen) atoms. The van der Waals surface area contributed by atoms with Gasteiger partial charge >= 0.3 is 6.09 Å². The van der Waals surface area contributed by atoms with Gasteiger partial charge in [-0.3, -0.25) is 10.1 Å². The van der Waals surface area contributed by atoms with Crippen molar-refractivity contribution in [1.29, 1.82) is 0 Å². The fourth-order valence-corrected chi connectivity index (χ4v) is 2.19. The van der Waals surface area contributed by atoms with Gasteiger partial charge in [-0.25, -0.2) is 4.79 Å². The molecular weight excluding hydrogens is 316 g/mol. The molecule has 0 aliphatic heterocycles. The standard InChI is InChI=1S/C16H24N2O6/c1-9-6-10(2)12(18(22)23)7-11(9)14(20)13(19)8-17-15(21)24-16(3,4)5/h6-7,13-14,19-20H,8H2,1-5H3,(H,17,21). The molecule has 1 aromatic carbocycles. The molecule has 2 unspecified atom stereocenters. The van der Waals surface area contributed by atoms with Crippen LogP contribution in [0, 0.1) is 24.0 Å². The lowest BCUT2D eigenvalue weighted by atomic mass is 9.96. The maximum absolute atomic E-state index is 11.6. The molecule has 0 heterocycles. The first-order chi connectivity index (χ1) is 10.9. The number of hydrogen-bond donors (Lipinski definition) is 3. The number of hydrogen-bond acceptors (Lipinski definition) is 6. The van der Waals surface area contributed by atoms with Crippen molar-refractivity contribution in [2.75, 3.05) is 6.54 Å². The molecule has 0 spiro atoms. The smallest absolute Gasteiger partial charge is 0.407 e. The molecule has 2 atom stereocenters. The van der Waals surface area contributed by atoms with Gasteiger partial charge in [0.25, 0.3) is 5.69 Å². The molecular formula is C16H24N2O6. The largest absolute Gasteiger partial charge is 0.444 e. The lowest BCUT2D eigenvalue weighted by molar-refractivity contribution is -0.385. The highest BCUT2D eigenvalue weighted by molar-refractivity contribution is 5.67. The Morgan fingerprint density at radius 2 is 1.88 bits per heavy atom. The number of alkyl carbamates (subject to hydrolysis) is 1. The summed E-state index contributed by atoms with van der Waals surface area (Å²) < 4.78 is 5.03. The Balaban J connectivity index is 2.82. The molecule has 1 aromatic rings. The van der Waals surface area contributed by atoms with E-state index in [1.807, 2.05) is 0 Å². The number of aliphatic hydroxyl groups is 2. The van der Waals surface area contributed by atoms with Crippen LogP contribution in [0.15, 0.2) is 12.1 Å². The Hall–Kier alpha value is -2.19. The summed E-state index contributed by atoms with van der Waals surface area (Å²) in [7, 11) is 0. The molecule has 0 aliphatic rings. The first kappa shape index (κ1) is 19.9. The summed E-state index contributed by atoms with van der Waals surface area (Å²) in [6.45, 7) is 8.13. The Labute approximate surface area is 140 Å². The number of carbonyl (C=O) groups is 1. The topological polar surface area (TPSA) is 122 Å². The normalized spacial score (nSPS) is 14.0. The third kappa shape index (κ3) is 5.47. The van der Waals surface area contributed by atoms with E-state index >= 15 is 0 Å². The molecule has 3 N–H and O–H groups in total. The first-order valence-electron chi connectivity index (χ1n) is 7.51. The van der Waals surface area contributed by atoms with Gasteiger partial charge in [-0.1, -0.05) is 0 Å².